The van der Waals surface area contributed by atoms with Gasteiger partial charge in [-0.2, -0.15) is 0 Å². The molecule has 1 N–H and O–H groups in total. The molecule has 1 aliphatic rings. The van der Waals surface area contributed by atoms with Crippen molar-refractivity contribution in [1.82, 2.24) is 0 Å². The number of carboxylic acids is 1. The van der Waals surface area contributed by atoms with Gasteiger partial charge < -0.3 is 5.11 Å². The van der Waals surface area contributed by atoms with Gasteiger partial charge in [-0.15, -0.1) is 0 Å². The summed E-state index contributed by atoms with van der Waals surface area (Å²) >= 11 is 3.67. The molecule has 0 aromatic heterocycles. The molecular weight excluding hydrogens is 292 g/mol. The maximum Gasteiger partial charge on any atom is 0.328 e. The summed E-state index contributed by atoms with van der Waals surface area (Å²) in [6.45, 7) is 0. The minimum atomic E-state index is -0.908. The van der Waals surface area contributed by atoms with Gasteiger partial charge >= 0.3 is 5.97 Å². The van der Waals surface area contributed by atoms with Crippen LogP contribution in [-0.2, 0) is 4.79 Å². The van der Waals surface area contributed by atoms with Gasteiger partial charge in [0, 0.05) is 10.9 Å². The summed E-state index contributed by atoms with van der Waals surface area (Å²) in [5.41, 5.74) is 2.32. The van der Waals surface area contributed by atoms with Crippen molar-refractivity contribution < 1.29 is 9.90 Å². The zero-order valence-corrected chi connectivity index (χ0v) is 11.8. The maximum absolute atomic E-state index is 10.4. The van der Waals surface area contributed by atoms with Gasteiger partial charge in [-0.25, -0.2) is 4.79 Å². The van der Waals surface area contributed by atoms with Crippen molar-refractivity contribution in [3.63, 3.8) is 0 Å². The molecule has 2 rings (SSSR count). The molecule has 0 saturated heterocycles. The Morgan fingerprint density at radius 2 is 1.78 bits per heavy atom. The van der Waals surface area contributed by atoms with Crippen LogP contribution in [0.15, 0.2) is 30.3 Å². The predicted molar refractivity (Wildman–Crippen MR) is 77.0 cm³/mol. The summed E-state index contributed by atoms with van der Waals surface area (Å²) in [4.78, 5) is 11.1. The van der Waals surface area contributed by atoms with E-state index in [9.17, 15) is 4.79 Å². The van der Waals surface area contributed by atoms with Crippen molar-refractivity contribution >= 4 is 28.0 Å². The summed E-state index contributed by atoms with van der Waals surface area (Å²) in [7, 11) is 0. The Morgan fingerprint density at radius 3 is 2.33 bits per heavy atom. The highest BCUT2D eigenvalue weighted by Gasteiger charge is 2.20. The van der Waals surface area contributed by atoms with Crippen LogP contribution in [0, 0.1) is 0 Å². The first-order chi connectivity index (χ1) is 8.65. The molecule has 2 nitrogen and oxygen atoms in total. The van der Waals surface area contributed by atoms with E-state index in [1.807, 2.05) is 12.1 Å². The van der Waals surface area contributed by atoms with Gasteiger partial charge in [-0.3, -0.25) is 0 Å². The van der Waals surface area contributed by atoms with E-state index in [2.05, 4.69) is 28.1 Å². The molecule has 18 heavy (non-hydrogen) atoms. The first-order valence-corrected chi connectivity index (χ1v) is 7.22. The van der Waals surface area contributed by atoms with Crippen LogP contribution in [0.4, 0.5) is 0 Å². The fourth-order valence-electron chi connectivity index (χ4n) is 2.43. The lowest BCUT2D eigenvalue weighted by Gasteiger charge is -2.25. The molecule has 96 valence electrons. The fraction of sp³-hybridized carbons (Fsp3) is 0.400. The number of halogens is 1. The Morgan fingerprint density at radius 1 is 1.17 bits per heavy atom. The minimum Gasteiger partial charge on any atom is -0.478 e. The first kappa shape index (κ1) is 13.3. The second-order valence-electron chi connectivity index (χ2n) is 4.79. The normalized spacial score (nSPS) is 24.3. The SMILES string of the molecule is O=C(O)C=Cc1ccc(C2CCC(Br)CC2)cc1. The molecule has 1 aromatic carbocycles. The lowest BCUT2D eigenvalue weighted by Crippen LogP contribution is -2.12. The Labute approximate surface area is 116 Å². The van der Waals surface area contributed by atoms with Crippen LogP contribution in [0.2, 0.25) is 0 Å². The lowest BCUT2D eigenvalue weighted by atomic mass is 9.84. The molecule has 1 saturated carbocycles. The topological polar surface area (TPSA) is 37.3 Å². The van der Waals surface area contributed by atoms with Gasteiger partial charge in [-0.1, -0.05) is 40.2 Å². The van der Waals surface area contributed by atoms with Gasteiger partial charge in [0.05, 0.1) is 0 Å². The first-order valence-electron chi connectivity index (χ1n) is 6.30. The average Bonchev–Trinajstić information content (AvgIpc) is 2.38. The standard InChI is InChI=1S/C15H17BrO2/c16-14-8-6-13(7-9-14)12-4-1-11(2-5-12)3-10-15(17)18/h1-5,10,13-14H,6-9H2,(H,17,18). The number of carboxylic acid groups (broad SMARTS) is 1. The molecule has 0 atom stereocenters. The Bertz CT molecular complexity index is 428. The largest absolute Gasteiger partial charge is 0.478 e. The van der Waals surface area contributed by atoms with Crippen LogP contribution in [0.1, 0.15) is 42.7 Å². The van der Waals surface area contributed by atoms with Gasteiger partial charge in [0.25, 0.3) is 0 Å². The van der Waals surface area contributed by atoms with E-state index in [-0.39, 0.29) is 0 Å². The Kier molecular flexibility index (Phi) is 4.59. The van der Waals surface area contributed by atoms with Crippen molar-refractivity contribution in [3.05, 3.63) is 41.5 Å². The highest BCUT2D eigenvalue weighted by Crippen LogP contribution is 2.35. The summed E-state index contributed by atoms with van der Waals surface area (Å²) in [6, 6.07) is 8.24. The summed E-state index contributed by atoms with van der Waals surface area (Å²) < 4.78 is 0. The van der Waals surface area contributed by atoms with E-state index in [4.69, 9.17) is 5.11 Å². The lowest BCUT2D eigenvalue weighted by molar-refractivity contribution is -0.131. The number of alkyl halides is 1. The molecule has 1 fully saturated rings. The number of rotatable bonds is 3. The van der Waals surface area contributed by atoms with Crippen LogP contribution in [0.5, 0.6) is 0 Å². The molecule has 0 radical (unpaired) electrons. The molecule has 0 heterocycles. The molecule has 0 spiro atoms. The highest BCUT2D eigenvalue weighted by molar-refractivity contribution is 9.09. The van der Waals surface area contributed by atoms with Crippen molar-refractivity contribution in [3.8, 4) is 0 Å². The van der Waals surface area contributed by atoms with E-state index in [1.165, 1.54) is 37.3 Å². The van der Waals surface area contributed by atoms with Gasteiger partial charge in [0.1, 0.15) is 0 Å². The number of hydrogen-bond acceptors (Lipinski definition) is 1. The Balaban J connectivity index is 2.01. The molecule has 1 aromatic rings. The van der Waals surface area contributed by atoms with E-state index in [1.54, 1.807) is 6.08 Å². The van der Waals surface area contributed by atoms with Crippen LogP contribution in [-0.4, -0.2) is 15.9 Å². The van der Waals surface area contributed by atoms with E-state index in [0.29, 0.717) is 10.7 Å². The quantitative estimate of drug-likeness (QED) is 0.671. The molecule has 3 heteroatoms. The third-order valence-corrected chi connectivity index (χ3v) is 4.40. The number of aliphatic carboxylic acids is 1. The zero-order chi connectivity index (χ0) is 13.0. The monoisotopic (exact) mass is 308 g/mol. The van der Waals surface area contributed by atoms with Crippen LogP contribution in [0.25, 0.3) is 6.08 Å². The summed E-state index contributed by atoms with van der Waals surface area (Å²) in [5.74, 6) is -0.244. The van der Waals surface area contributed by atoms with Crippen LogP contribution in [0.3, 0.4) is 0 Å². The zero-order valence-electron chi connectivity index (χ0n) is 10.2. The van der Waals surface area contributed by atoms with Crippen molar-refractivity contribution in [2.75, 3.05) is 0 Å². The number of hydrogen-bond donors (Lipinski definition) is 1. The summed E-state index contributed by atoms with van der Waals surface area (Å²) in [5, 5.41) is 8.57. The van der Waals surface area contributed by atoms with Crippen LogP contribution < -0.4 is 0 Å². The van der Waals surface area contributed by atoms with Gasteiger partial charge in [-0.05, 0) is 48.8 Å². The second-order valence-corrected chi connectivity index (χ2v) is 6.08. The van der Waals surface area contributed by atoms with E-state index in [0.717, 1.165) is 5.56 Å². The molecule has 0 amide bonds. The third-order valence-electron chi connectivity index (χ3n) is 3.48. The molecule has 0 aliphatic heterocycles. The number of carbonyl (C=O) groups is 1. The van der Waals surface area contributed by atoms with Gasteiger partial charge in [0.15, 0.2) is 0 Å². The molecule has 0 bridgehead atoms. The van der Waals surface area contributed by atoms with Crippen molar-refractivity contribution in [2.45, 2.75) is 36.4 Å². The smallest absolute Gasteiger partial charge is 0.328 e. The van der Waals surface area contributed by atoms with E-state index >= 15 is 0 Å². The number of benzene rings is 1. The average molecular weight is 309 g/mol. The van der Waals surface area contributed by atoms with Crippen molar-refractivity contribution in [2.24, 2.45) is 0 Å². The van der Waals surface area contributed by atoms with Crippen LogP contribution >= 0.6 is 15.9 Å². The molecule has 1 aliphatic carbocycles. The minimum absolute atomic E-state index is 0.663. The highest BCUT2D eigenvalue weighted by atomic mass is 79.9. The van der Waals surface area contributed by atoms with Crippen molar-refractivity contribution in [1.29, 1.82) is 0 Å². The predicted octanol–water partition coefficient (Wildman–Crippen LogP) is 4.21. The summed E-state index contributed by atoms with van der Waals surface area (Å²) in [6.07, 6.45) is 7.75. The second kappa shape index (κ2) is 6.19. The molecule has 0 unspecified atom stereocenters. The van der Waals surface area contributed by atoms with E-state index < -0.39 is 5.97 Å². The third kappa shape index (κ3) is 3.70. The fourth-order valence-corrected chi connectivity index (χ4v) is 2.96. The molecular formula is C15H17BrO2. The van der Waals surface area contributed by atoms with Gasteiger partial charge in [0.2, 0.25) is 0 Å². The Hall–Kier alpha value is -1.09. The maximum atomic E-state index is 10.4.